The Morgan fingerprint density at radius 2 is 0.821 bits per heavy atom. The van der Waals surface area contributed by atoms with Crippen molar-refractivity contribution in [2.24, 2.45) is 5.92 Å². The Balaban J connectivity index is 3.40. The van der Waals surface area contributed by atoms with E-state index in [-0.39, 0.29) is 25.2 Å². The number of esters is 2. The third kappa shape index (κ3) is 31.3. The van der Waals surface area contributed by atoms with Crippen LogP contribution in [-0.2, 0) is 19.1 Å². The van der Waals surface area contributed by atoms with Gasteiger partial charge in [-0.05, 0) is 18.8 Å². The Labute approximate surface area is 242 Å². The number of rotatable bonds is 30. The minimum Gasteiger partial charge on any atom is -0.463 e. The number of carbonyl (C=O) groups excluding carboxylic acids is 2. The van der Waals surface area contributed by atoms with Crippen molar-refractivity contribution in [2.75, 3.05) is 13.2 Å². The van der Waals surface area contributed by atoms with Gasteiger partial charge in [0.05, 0.1) is 0 Å². The maximum absolute atomic E-state index is 11.9. The second-order valence-electron chi connectivity index (χ2n) is 12.1. The molecule has 0 rings (SSSR count). The smallest absolute Gasteiger partial charge is 0.305 e. The standard InChI is InChI=1S/C34H66O5/c1-4-5-6-7-8-9-10-11-12-13-14-15-18-21-24-27-33(36)38-29-32(35)30-39-34(37)28-25-22-19-16-17-20-23-26-31(2)3/h31-32,35H,4-30H2,1-3H3/t32-/m0/s1. The Hall–Kier alpha value is -1.10. The van der Waals surface area contributed by atoms with Gasteiger partial charge < -0.3 is 14.6 Å². The van der Waals surface area contributed by atoms with Gasteiger partial charge in [-0.15, -0.1) is 0 Å². The highest BCUT2D eigenvalue weighted by Gasteiger charge is 2.12. The van der Waals surface area contributed by atoms with E-state index in [0.29, 0.717) is 12.8 Å². The lowest BCUT2D eigenvalue weighted by Gasteiger charge is -2.12. The molecule has 0 radical (unpaired) electrons. The van der Waals surface area contributed by atoms with Gasteiger partial charge in [-0.3, -0.25) is 9.59 Å². The van der Waals surface area contributed by atoms with Crippen molar-refractivity contribution in [3.8, 4) is 0 Å². The zero-order valence-electron chi connectivity index (χ0n) is 26.3. The molecule has 0 saturated carbocycles. The predicted octanol–water partition coefficient (Wildman–Crippen LogP) is 9.86. The molecule has 5 heteroatoms. The number of aliphatic hydroxyl groups is 1. The molecule has 232 valence electrons. The van der Waals surface area contributed by atoms with Crippen molar-refractivity contribution < 1.29 is 24.2 Å². The Bertz CT molecular complexity index is 534. The highest BCUT2D eigenvalue weighted by atomic mass is 16.6. The minimum absolute atomic E-state index is 0.109. The lowest BCUT2D eigenvalue weighted by atomic mass is 10.0. The monoisotopic (exact) mass is 554 g/mol. The van der Waals surface area contributed by atoms with Crippen molar-refractivity contribution >= 4 is 11.9 Å². The van der Waals surface area contributed by atoms with Crippen LogP contribution in [0.1, 0.15) is 181 Å². The van der Waals surface area contributed by atoms with Gasteiger partial charge in [0.2, 0.25) is 0 Å². The van der Waals surface area contributed by atoms with Crippen LogP contribution in [0.2, 0.25) is 0 Å². The van der Waals surface area contributed by atoms with Crippen molar-refractivity contribution in [2.45, 2.75) is 187 Å². The first kappa shape index (κ1) is 37.9. The minimum atomic E-state index is -0.954. The van der Waals surface area contributed by atoms with Crippen LogP contribution in [-0.4, -0.2) is 36.4 Å². The molecule has 39 heavy (non-hydrogen) atoms. The average Bonchev–Trinajstić information content (AvgIpc) is 2.91. The van der Waals surface area contributed by atoms with Crippen LogP contribution in [0.25, 0.3) is 0 Å². The maximum Gasteiger partial charge on any atom is 0.305 e. The molecular formula is C34H66O5. The SMILES string of the molecule is CCCCCCCCCCCCCCCCCC(=O)OC[C@H](O)COC(=O)CCCCCCCCCC(C)C. The van der Waals surface area contributed by atoms with Gasteiger partial charge in [0.1, 0.15) is 19.3 Å². The number of hydrogen-bond donors (Lipinski definition) is 1. The molecule has 0 aliphatic rings. The van der Waals surface area contributed by atoms with Crippen molar-refractivity contribution in [1.29, 1.82) is 0 Å². The number of aliphatic hydroxyl groups excluding tert-OH is 1. The summed E-state index contributed by atoms with van der Waals surface area (Å²) in [5.74, 6) is 0.236. The quantitative estimate of drug-likeness (QED) is 0.0706. The van der Waals surface area contributed by atoms with E-state index in [2.05, 4.69) is 20.8 Å². The van der Waals surface area contributed by atoms with Crippen LogP contribution >= 0.6 is 0 Å². The van der Waals surface area contributed by atoms with E-state index in [1.165, 1.54) is 116 Å². The van der Waals surface area contributed by atoms with E-state index in [1.807, 2.05) is 0 Å². The molecule has 5 nitrogen and oxygen atoms in total. The van der Waals surface area contributed by atoms with Gasteiger partial charge in [-0.2, -0.15) is 0 Å². The van der Waals surface area contributed by atoms with Gasteiger partial charge in [0, 0.05) is 12.8 Å². The summed E-state index contributed by atoms with van der Waals surface area (Å²) in [5.41, 5.74) is 0. The van der Waals surface area contributed by atoms with Gasteiger partial charge in [-0.25, -0.2) is 0 Å². The molecule has 0 aliphatic heterocycles. The fourth-order valence-electron chi connectivity index (χ4n) is 4.92. The van der Waals surface area contributed by atoms with Crippen LogP contribution in [0.5, 0.6) is 0 Å². The molecule has 0 aromatic carbocycles. The lowest BCUT2D eigenvalue weighted by molar-refractivity contribution is -0.152. The molecule has 0 heterocycles. The number of hydrogen-bond acceptors (Lipinski definition) is 5. The molecule has 1 N–H and O–H groups in total. The highest BCUT2D eigenvalue weighted by molar-refractivity contribution is 5.69. The second kappa shape index (κ2) is 29.9. The first-order chi connectivity index (χ1) is 19.0. The summed E-state index contributed by atoms with van der Waals surface area (Å²) in [6.07, 6.45) is 28.7. The Morgan fingerprint density at radius 1 is 0.513 bits per heavy atom. The molecule has 0 aromatic rings. The largest absolute Gasteiger partial charge is 0.463 e. The zero-order chi connectivity index (χ0) is 28.8. The average molecular weight is 555 g/mol. The molecule has 0 fully saturated rings. The molecule has 0 bridgehead atoms. The molecule has 0 unspecified atom stereocenters. The van der Waals surface area contributed by atoms with Gasteiger partial charge >= 0.3 is 11.9 Å². The molecule has 0 saturated heterocycles. The summed E-state index contributed by atoms with van der Waals surface area (Å²) in [6, 6.07) is 0. The fourth-order valence-corrected chi connectivity index (χ4v) is 4.92. The van der Waals surface area contributed by atoms with Gasteiger partial charge in [-0.1, -0.05) is 156 Å². The van der Waals surface area contributed by atoms with Crippen LogP contribution in [0.3, 0.4) is 0 Å². The van der Waals surface area contributed by atoms with Gasteiger partial charge in [0.25, 0.3) is 0 Å². The van der Waals surface area contributed by atoms with Crippen molar-refractivity contribution in [3.63, 3.8) is 0 Å². The normalized spacial score (nSPS) is 12.1. The Kier molecular flexibility index (Phi) is 29.0. The molecule has 0 amide bonds. The van der Waals surface area contributed by atoms with Crippen LogP contribution in [0, 0.1) is 5.92 Å². The molecular weight excluding hydrogens is 488 g/mol. The second-order valence-corrected chi connectivity index (χ2v) is 12.1. The first-order valence-corrected chi connectivity index (χ1v) is 16.9. The van der Waals surface area contributed by atoms with E-state index >= 15 is 0 Å². The van der Waals surface area contributed by atoms with E-state index < -0.39 is 6.10 Å². The van der Waals surface area contributed by atoms with Crippen LogP contribution in [0.4, 0.5) is 0 Å². The predicted molar refractivity (Wildman–Crippen MR) is 164 cm³/mol. The number of carbonyl (C=O) groups is 2. The van der Waals surface area contributed by atoms with Gasteiger partial charge in [0.15, 0.2) is 0 Å². The third-order valence-electron chi connectivity index (χ3n) is 7.52. The van der Waals surface area contributed by atoms with E-state index in [0.717, 1.165) is 38.0 Å². The summed E-state index contributed by atoms with van der Waals surface area (Å²) < 4.78 is 10.3. The zero-order valence-corrected chi connectivity index (χ0v) is 26.3. The summed E-state index contributed by atoms with van der Waals surface area (Å²) in [5, 5.41) is 9.94. The molecule has 0 spiro atoms. The summed E-state index contributed by atoms with van der Waals surface area (Å²) in [4.78, 5) is 23.7. The number of unbranched alkanes of at least 4 members (excludes halogenated alkanes) is 20. The molecule has 1 atom stereocenters. The summed E-state index contributed by atoms with van der Waals surface area (Å²) >= 11 is 0. The lowest BCUT2D eigenvalue weighted by Crippen LogP contribution is -2.25. The number of ether oxygens (including phenoxy) is 2. The van der Waals surface area contributed by atoms with Crippen LogP contribution in [0.15, 0.2) is 0 Å². The van der Waals surface area contributed by atoms with E-state index in [9.17, 15) is 14.7 Å². The molecule has 0 aliphatic carbocycles. The van der Waals surface area contributed by atoms with E-state index in [4.69, 9.17) is 9.47 Å². The highest BCUT2D eigenvalue weighted by Crippen LogP contribution is 2.15. The fraction of sp³-hybridized carbons (Fsp3) is 0.941. The first-order valence-electron chi connectivity index (χ1n) is 16.9. The topological polar surface area (TPSA) is 72.8 Å². The third-order valence-corrected chi connectivity index (χ3v) is 7.52. The van der Waals surface area contributed by atoms with Crippen molar-refractivity contribution in [1.82, 2.24) is 0 Å². The van der Waals surface area contributed by atoms with Crippen molar-refractivity contribution in [3.05, 3.63) is 0 Å². The summed E-state index contributed by atoms with van der Waals surface area (Å²) in [6.45, 7) is 6.59. The maximum atomic E-state index is 11.9. The Morgan fingerprint density at radius 3 is 1.15 bits per heavy atom. The molecule has 0 aromatic heterocycles. The summed E-state index contributed by atoms with van der Waals surface area (Å²) in [7, 11) is 0. The van der Waals surface area contributed by atoms with E-state index in [1.54, 1.807) is 0 Å². The van der Waals surface area contributed by atoms with Crippen LogP contribution < -0.4 is 0 Å².